The highest BCUT2D eigenvalue weighted by atomic mass is 32.1. The molecule has 0 radical (unpaired) electrons. The van der Waals surface area contributed by atoms with E-state index < -0.39 is 0 Å². The van der Waals surface area contributed by atoms with E-state index in [1.807, 2.05) is 11.3 Å². The van der Waals surface area contributed by atoms with Crippen molar-refractivity contribution in [2.24, 2.45) is 0 Å². The molecule has 1 nitrogen and oxygen atoms in total. The second-order valence-corrected chi connectivity index (χ2v) is 16.0. The molecule has 0 spiro atoms. The highest BCUT2D eigenvalue weighted by molar-refractivity contribution is 7.25. The second-order valence-electron chi connectivity index (χ2n) is 14.9. The van der Waals surface area contributed by atoms with Crippen molar-refractivity contribution in [2.45, 2.75) is 38.5 Å². The first-order valence-corrected chi connectivity index (χ1v) is 18.4. The van der Waals surface area contributed by atoms with Gasteiger partial charge in [0.2, 0.25) is 0 Å². The zero-order valence-corrected chi connectivity index (χ0v) is 29.6. The Balaban J connectivity index is 1.24. The lowest BCUT2D eigenvalue weighted by Gasteiger charge is -2.34. The molecule has 240 valence electrons. The third-order valence-electron chi connectivity index (χ3n) is 11.5. The van der Waals surface area contributed by atoms with E-state index in [2.05, 4.69) is 184 Å². The molecule has 1 heterocycles. The SMILES string of the molecule is CC1(C)c2ccccc2-c2ccc(N(c3ccccc3-c3ccc4sc5ccccc5c4c3)c3cccc4c3C(C)(C)c3ccccc3-4)cc21. The van der Waals surface area contributed by atoms with Gasteiger partial charge in [0, 0.05) is 42.3 Å². The zero-order chi connectivity index (χ0) is 33.8. The van der Waals surface area contributed by atoms with E-state index in [1.54, 1.807) is 0 Å². The maximum Gasteiger partial charge on any atom is 0.0540 e. The molecule has 0 bridgehead atoms. The molecule has 0 atom stereocenters. The molecule has 0 saturated heterocycles. The van der Waals surface area contributed by atoms with Crippen LogP contribution in [0.1, 0.15) is 49.9 Å². The monoisotopic (exact) mass is 659 g/mol. The molecule has 0 saturated carbocycles. The first-order valence-electron chi connectivity index (χ1n) is 17.6. The Morgan fingerprint density at radius 2 is 1.02 bits per heavy atom. The summed E-state index contributed by atoms with van der Waals surface area (Å²) in [5.74, 6) is 0. The summed E-state index contributed by atoms with van der Waals surface area (Å²) in [7, 11) is 0. The van der Waals surface area contributed by atoms with Crippen molar-refractivity contribution in [3.05, 3.63) is 174 Å². The predicted molar refractivity (Wildman–Crippen MR) is 215 cm³/mol. The summed E-state index contributed by atoms with van der Waals surface area (Å²) in [6, 6.07) is 56.8. The van der Waals surface area contributed by atoms with Crippen LogP contribution in [0.2, 0.25) is 0 Å². The standard InChI is InChI=1S/C48H37NS/c1-47(2)39-19-9-5-15-33(39)35-26-25-31(29-41(35)47)49(43-22-13-18-37-34-16-6-10-20-40(34)48(3,4)46(37)43)42-21-11-7-14-32(42)30-24-27-45-38(28-30)36-17-8-12-23-44(36)50-45/h5-29H,1-4H3. The Kier molecular flexibility index (Phi) is 6.21. The largest absolute Gasteiger partial charge is 0.310 e. The van der Waals surface area contributed by atoms with Crippen molar-refractivity contribution >= 4 is 48.6 Å². The number of fused-ring (bicyclic) bond motifs is 9. The van der Waals surface area contributed by atoms with E-state index in [9.17, 15) is 0 Å². The van der Waals surface area contributed by atoms with Crippen LogP contribution in [0.3, 0.4) is 0 Å². The van der Waals surface area contributed by atoms with Crippen molar-refractivity contribution in [3.63, 3.8) is 0 Å². The summed E-state index contributed by atoms with van der Waals surface area (Å²) in [5, 5.41) is 2.64. The van der Waals surface area contributed by atoms with Gasteiger partial charge < -0.3 is 4.90 Å². The van der Waals surface area contributed by atoms with Crippen LogP contribution in [0.4, 0.5) is 17.1 Å². The Bertz CT molecular complexity index is 2670. The average Bonchev–Trinajstić information content (AvgIpc) is 3.72. The van der Waals surface area contributed by atoms with Gasteiger partial charge in [-0.2, -0.15) is 0 Å². The third-order valence-corrected chi connectivity index (χ3v) is 12.6. The first-order chi connectivity index (χ1) is 24.3. The Morgan fingerprint density at radius 1 is 0.420 bits per heavy atom. The van der Waals surface area contributed by atoms with Gasteiger partial charge in [0.15, 0.2) is 0 Å². The Morgan fingerprint density at radius 3 is 1.84 bits per heavy atom. The molecule has 10 rings (SSSR count). The van der Waals surface area contributed by atoms with Crippen molar-refractivity contribution in [1.82, 2.24) is 0 Å². The molecule has 1 aromatic heterocycles. The van der Waals surface area contributed by atoms with Gasteiger partial charge in [0.25, 0.3) is 0 Å². The molecular formula is C48H37NS. The van der Waals surface area contributed by atoms with Gasteiger partial charge in [-0.25, -0.2) is 0 Å². The molecule has 0 aliphatic heterocycles. The lowest BCUT2D eigenvalue weighted by atomic mass is 9.80. The average molecular weight is 660 g/mol. The maximum absolute atomic E-state index is 2.55. The van der Waals surface area contributed by atoms with Crippen LogP contribution >= 0.6 is 11.3 Å². The molecule has 2 heteroatoms. The van der Waals surface area contributed by atoms with Gasteiger partial charge in [-0.15, -0.1) is 11.3 Å². The summed E-state index contributed by atoms with van der Waals surface area (Å²) in [6.45, 7) is 9.53. The quantitative estimate of drug-likeness (QED) is 0.182. The van der Waals surface area contributed by atoms with Crippen LogP contribution < -0.4 is 4.90 Å². The smallest absolute Gasteiger partial charge is 0.0540 e. The number of hydrogen-bond acceptors (Lipinski definition) is 2. The fourth-order valence-corrected chi connectivity index (χ4v) is 10.1. The van der Waals surface area contributed by atoms with Crippen LogP contribution in [0.5, 0.6) is 0 Å². The van der Waals surface area contributed by atoms with Crippen molar-refractivity contribution in [2.75, 3.05) is 4.90 Å². The van der Waals surface area contributed by atoms with Crippen molar-refractivity contribution in [3.8, 4) is 33.4 Å². The van der Waals surface area contributed by atoms with Crippen molar-refractivity contribution < 1.29 is 0 Å². The number of benzene rings is 7. The van der Waals surface area contributed by atoms with Crippen LogP contribution in [0.25, 0.3) is 53.6 Å². The van der Waals surface area contributed by atoms with E-state index in [0.29, 0.717) is 0 Å². The van der Waals surface area contributed by atoms with E-state index in [4.69, 9.17) is 0 Å². The van der Waals surface area contributed by atoms with E-state index in [1.165, 1.54) is 92.9 Å². The topological polar surface area (TPSA) is 3.24 Å². The minimum absolute atomic E-state index is 0.105. The second kappa shape index (κ2) is 10.5. The van der Waals surface area contributed by atoms with E-state index in [0.717, 1.165) is 0 Å². The molecule has 2 aliphatic carbocycles. The number of hydrogen-bond donors (Lipinski definition) is 0. The molecule has 0 unspecified atom stereocenters. The minimum atomic E-state index is -0.170. The number of anilines is 3. The number of rotatable bonds is 4. The van der Waals surface area contributed by atoms with Crippen LogP contribution in [-0.2, 0) is 10.8 Å². The molecule has 0 fully saturated rings. The first kappa shape index (κ1) is 29.5. The van der Waals surface area contributed by atoms with E-state index in [-0.39, 0.29) is 10.8 Å². The van der Waals surface area contributed by atoms with Gasteiger partial charge in [0.1, 0.15) is 0 Å². The third kappa shape index (κ3) is 4.06. The lowest BCUT2D eigenvalue weighted by molar-refractivity contribution is 0.658. The molecular weight excluding hydrogens is 623 g/mol. The molecule has 0 N–H and O–H groups in total. The molecule has 50 heavy (non-hydrogen) atoms. The number of nitrogens with zero attached hydrogens (tertiary/aromatic N) is 1. The zero-order valence-electron chi connectivity index (χ0n) is 28.8. The lowest BCUT2D eigenvalue weighted by Crippen LogP contribution is -2.21. The predicted octanol–water partition coefficient (Wildman–Crippen LogP) is 13.8. The minimum Gasteiger partial charge on any atom is -0.310 e. The fourth-order valence-electron chi connectivity index (χ4n) is 9.05. The molecule has 0 amide bonds. The summed E-state index contributed by atoms with van der Waals surface area (Å²) < 4.78 is 2.66. The van der Waals surface area contributed by atoms with Crippen LogP contribution in [0.15, 0.2) is 152 Å². The molecule has 7 aromatic carbocycles. The summed E-state index contributed by atoms with van der Waals surface area (Å²) >= 11 is 1.87. The Labute approximate surface area is 298 Å². The van der Waals surface area contributed by atoms with Gasteiger partial charge in [-0.05, 0) is 92.5 Å². The van der Waals surface area contributed by atoms with Gasteiger partial charge in [-0.3, -0.25) is 0 Å². The summed E-state index contributed by atoms with van der Waals surface area (Å²) in [6.07, 6.45) is 0. The highest BCUT2D eigenvalue weighted by Crippen LogP contribution is 2.56. The number of para-hydroxylation sites is 1. The fraction of sp³-hybridized carbons (Fsp3) is 0.125. The van der Waals surface area contributed by atoms with E-state index >= 15 is 0 Å². The van der Waals surface area contributed by atoms with Crippen molar-refractivity contribution in [1.29, 1.82) is 0 Å². The molecule has 8 aromatic rings. The Hall–Kier alpha value is -5.44. The summed E-state index contributed by atoms with van der Waals surface area (Å²) in [5.41, 5.74) is 16.6. The number of thiophene rings is 1. The van der Waals surface area contributed by atoms with Crippen LogP contribution in [0, 0.1) is 0 Å². The van der Waals surface area contributed by atoms with Crippen LogP contribution in [-0.4, -0.2) is 0 Å². The van der Waals surface area contributed by atoms with Gasteiger partial charge >= 0.3 is 0 Å². The van der Waals surface area contributed by atoms with Gasteiger partial charge in [0.05, 0.1) is 11.4 Å². The normalized spacial score (nSPS) is 14.7. The summed E-state index contributed by atoms with van der Waals surface area (Å²) in [4.78, 5) is 2.55. The highest BCUT2D eigenvalue weighted by Gasteiger charge is 2.40. The van der Waals surface area contributed by atoms with Gasteiger partial charge in [-0.1, -0.05) is 137 Å². The maximum atomic E-state index is 2.55. The molecule has 2 aliphatic rings.